The monoisotopic (exact) mass is 364 g/mol. The fourth-order valence-electron chi connectivity index (χ4n) is 2.92. The number of rotatable bonds is 10. The first-order valence-electron chi connectivity index (χ1n) is 9.18. The summed E-state index contributed by atoms with van der Waals surface area (Å²) in [7, 11) is 4.19. The van der Waals surface area contributed by atoms with Gasteiger partial charge in [0.05, 0.1) is 11.8 Å². The lowest BCUT2D eigenvalue weighted by Crippen LogP contribution is -2.23. The Morgan fingerprint density at radius 1 is 1.28 bits per heavy atom. The minimum atomic E-state index is 0.281. The van der Waals surface area contributed by atoms with Gasteiger partial charge in [0, 0.05) is 12.5 Å². The van der Waals surface area contributed by atoms with Gasteiger partial charge in [-0.25, -0.2) is 0 Å². The maximum Gasteiger partial charge on any atom is 0.237 e. The summed E-state index contributed by atoms with van der Waals surface area (Å²) in [6, 6.07) is 0.281. The molecule has 8 heteroatoms. The summed E-state index contributed by atoms with van der Waals surface area (Å²) >= 11 is 1.63. The van der Waals surface area contributed by atoms with Gasteiger partial charge in [-0.3, -0.25) is 4.90 Å². The molecule has 0 aromatic carbocycles. The minimum absolute atomic E-state index is 0.281. The van der Waals surface area contributed by atoms with E-state index >= 15 is 0 Å². The predicted molar refractivity (Wildman–Crippen MR) is 97.5 cm³/mol. The summed E-state index contributed by atoms with van der Waals surface area (Å²) < 4.78 is 7.64. The van der Waals surface area contributed by atoms with Crippen LogP contribution in [-0.4, -0.2) is 43.9 Å². The maximum absolute atomic E-state index is 5.37. The van der Waals surface area contributed by atoms with Crippen molar-refractivity contribution >= 4 is 11.8 Å². The number of aromatic nitrogens is 5. The lowest BCUT2D eigenvalue weighted by atomic mass is 10.2. The lowest BCUT2D eigenvalue weighted by Gasteiger charge is -2.23. The van der Waals surface area contributed by atoms with E-state index in [0.717, 1.165) is 42.6 Å². The molecule has 0 aliphatic heterocycles. The van der Waals surface area contributed by atoms with Crippen molar-refractivity contribution in [2.45, 2.75) is 75.4 Å². The number of thioether (sulfide) groups is 1. The van der Waals surface area contributed by atoms with Crippen LogP contribution < -0.4 is 0 Å². The Hall–Kier alpha value is -1.41. The SMILES string of the molecule is CCCCn1c(SCc2nc(C3CC3)no2)nnc1C(CC)N(C)C. The van der Waals surface area contributed by atoms with E-state index in [1.165, 1.54) is 12.8 Å². The molecule has 7 nitrogen and oxygen atoms in total. The van der Waals surface area contributed by atoms with Crippen molar-refractivity contribution in [3.05, 3.63) is 17.5 Å². The lowest BCUT2D eigenvalue weighted by molar-refractivity contribution is 0.270. The first-order chi connectivity index (χ1) is 12.1. The zero-order valence-electron chi connectivity index (χ0n) is 15.6. The Morgan fingerprint density at radius 2 is 2.08 bits per heavy atom. The molecule has 0 amide bonds. The van der Waals surface area contributed by atoms with Gasteiger partial charge >= 0.3 is 0 Å². The number of hydrogen-bond acceptors (Lipinski definition) is 7. The molecule has 3 rings (SSSR count). The summed E-state index contributed by atoms with van der Waals surface area (Å²) in [5.41, 5.74) is 0. The van der Waals surface area contributed by atoms with Gasteiger partial charge < -0.3 is 9.09 Å². The van der Waals surface area contributed by atoms with E-state index in [1.54, 1.807) is 11.8 Å². The average Bonchev–Trinajstić information content (AvgIpc) is 3.21. The third kappa shape index (κ3) is 4.41. The molecule has 1 aliphatic rings. The Balaban J connectivity index is 1.73. The van der Waals surface area contributed by atoms with Crippen LogP contribution >= 0.6 is 11.8 Å². The fourth-order valence-corrected chi connectivity index (χ4v) is 3.73. The largest absolute Gasteiger partial charge is 0.338 e. The Labute approximate surface area is 153 Å². The topological polar surface area (TPSA) is 72.9 Å². The number of unbranched alkanes of at least 4 members (excludes halogenated alkanes) is 1. The van der Waals surface area contributed by atoms with Crippen LogP contribution in [0.3, 0.4) is 0 Å². The second-order valence-electron chi connectivity index (χ2n) is 6.84. The predicted octanol–water partition coefficient (Wildman–Crippen LogP) is 3.64. The third-order valence-electron chi connectivity index (χ3n) is 4.54. The van der Waals surface area contributed by atoms with E-state index in [1.807, 2.05) is 0 Å². The van der Waals surface area contributed by atoms with Crippen LogP contribution in [-0.2, 0) is 12.3 Å². The van der Waals surface area contributed by atoms with E-state index < -0.39 is 0 Å². The molecular weight excluding hydrogens is 336 g/mol. The Morgan fingerprint density at radius 3 is 2.72 bits per heavy atom. The van der Waals surface area contributed by atoms with Gasteiger partial charge in [-0.15, -0.1) is 10.2 Å². The van der Waals surface area contributed by atoms with Crippen LogP contribution in [0.5, 0.6) is 0 Å². The van der Waals surface area contributed by atoms with Gasteiger partial charge in [0.25, 0.3) is 0 Å². The molecule has 1 saturated carbocycles. The molecule has 2 heterocycles. The second kappa shape index (κ2) is 8.31. The molecule has 0 radical (unpaired) electrons. The summed E-state index contributed by atoms with van der Waals surface area (Å²) in [6.07, 6.45) is 5.65. The molecule has 1 fully saturated rings. The quantitative estimate of drug-likeness (QED) is 0.596. The second-order valence-corrected chi connectivity index (χ2v) is 7.79. The van der Waals surface area contributed by atoms with E-state index in [2.05, 4.69) is 57.7 Å². The normalized spacial score (nSPS) is 15.9. The fraction of sp³-hybridized carbons (Fsp3) is 0.765. The molecule has 1 aliphatic carbocycles. The van der Waals surface area contributed by atoms with Crippen molar-refractivity contribution in [2.24, 2.45) is 0 Å². The highest BCUT2D eigenvalue weighted by Gasteiger charge is 2.29. The summed E-state index contributed by atoms with van der Waals surface area (Å²) in [5, 5.41) is 14.0. The standard InChI is InChI=1S/C17H28N6OS/c1-5-7-10-23-16(13(6-2)22(3)4)19-20-17(23)25-11-14-18-15(21-24-14)12-8-9-12/h12-13H,5-11H2,1-4H3. The first-order valence-corrected chi connectivity index (χ1v) is 10.2. The molecule has 0 saturated heterocycles. The Bertz CT molecular complexity index is 678. The molecule has 25 heavy (non-hydrogen) atoms. The number of hydrogen-bond donors (Lipinski definition) is 0. The molecular formula is C17H28N6OS. The molecule has 2 aromatic rings. The Kier molecular flexibility index (Phi) is 6.11. The highest BCUT2D eigenvalue weighted by molar-refractivity contribution is 7.98. The zero-order valence-corrected chi connectivity index (χ0v) is 16.4. The molecule has 1 unspecified atom stereocenters. The van der Waals surface area contributed by atoms with E-state index in [-0.39, 0.29) is 6.04 Å². The van der Waals surface area contributed by atoms with Gasteiger partial charge in [0.1, 0.15) is 0 Å². The van der Waals surface area contributed by atoms with Gasteiger partial charge in [0.15, 0.2) is 16.8 Å². The van der Waals surface area contributed by atoms with Gasteiger partial charge in [-0.2, -0.15) is 4.98 Å². The molecule has 0 N–H and O–H groups in total. The highest BCUT2D eigenvalue weighted by Crippen LogP contribution is 2.38. The average molecular weight is 365 g/mol. The van der Waals surface area contributed by atoms with E-state index in [0.29, 0.717) is 17.6 Å². The molecule has 2 aromatic heterocycles. The molecule has 138 valence electrons. The number of nitrogens with zero attached hydrogens (tertiary/aromatic N) is 6. The smallest absolute Gasteiger partial charge is 0.237 e. The summed E-state index contributed by atoms with van der Waals surface area (Å²) in [4.78, 5) is 6.71. The highest BCUT2D eigenvalue weighted by atomic mass is 32.2. The summed E-state index contributed by atoms with van der Waals surface area (Å²) in [6.45, 7) is 5.34. The van der Waals surface area contributed by atoms with Crippen LogP contribution in [0.15, 0.2) is 9.68 Å². The van der Waals surface area contributed by atoms with Crippen LogP contribution in [0.4, 0.5) is 0 Å². The van der Waals surface area contributed by atoms with Gasteiger partial charge in [-0.05, 0) is 39.8 Å². The van der Waals surface area contributed by atoms with Crippen molar-refractivity contribution in [3.63, 3.8) is 0 Å². The van der Waals surface area contributed by atoms with Crippen molar-refractivity contribution in [1.82, 2.24) is 29.8 Å². The van der Waals surface area contributed by atoms with Gasteiger partial charge in [0.2, 0.25) is 5.89 Å². The summed E-state index contributed by atoms with van der Waals surface area (Å²) in [5.74, 6) is 3.75. The minimum Gasteiger partial charge on any atom is -0.338 e. The van der Waals surface area contributed by atoms with E-state index in [4.69, 9.17) is 4.52 Å². The van der Waals surface area contributed by atoms with Crippen LogP contribution in [0.2, 0.25) is 0 Å². The zero-order chi connectivity index (χ0) is 17.8. The molecule has 0 spiro atoms. The van der Waals surface area contributed by atoms with Gasteiger partial charge in [-0.1, -0.05) is 37.2 Å². The molecule has 0 bridgehead atoms. The van der Waals surface area contributed by atoms with Crippen molar-refractivity contribution in [1.29, 1.82) is 0 Å². The third-order valence-corrected chi connectivity index (χ3v) is 5.49. The van der Waals surface area contributed by atoms with Crippen molar-refractivity contribution in [2.75, 3.05) is 14.1 Å². The van der Waals surface area contributed by atoms with E-state index in [9.17, 15) is 0 Å². The molecule has 1 atom stereocenters. The van der Waals surface area contributed by atoms with Crippen LogP contribution in [0.1, 0.15) is 75.5 Å². The van der Waals surface area contributed by atoms with Crippen molar-refractivity contribution in [3.8, 4) is 0 Å². The first kappa shape index (κ1) is 18.4. The van der Waals surface area contributed by atoms with Crippen LogP contribution in [0.25, 0.3) is 0 Å². The maximum atomic E-state index is 5.37. The van der Waals surface area contributed by atoms with Crippen molar-refractivity contribution < 1.29 is 4.52 Å². The van der Waals surface area contributed by atoms with Crippen LogP contribution in [0, 0.1) is 0 Å².